The summed E-state index contributed by atoms with van der Waals surface area (Å²) in [6.45, 7) is 15.5. The van der Waals surface area contributed by atoms with Gasteiger partial charge in [-0.1, -0.05) is 26.8 Å². The number of nitrogens with one attached hydrogen (secondary N) is 1. The topological polar surface area (TPSA) is 74.3 Å². The zero-order valence-electron chi connectivity index (χ0n) is 19.1. The Hall–Kier alpha value is -1.15. The molecule has 0 saturated heterocycles. The first-order chi connectivity index (χ1) is 13.6. The molecule has 2 atom stereocenters. The van der Waals surface area contributed by atoms with Gasteiger partial charge in [0.25, 0.3) is 0 Å². The van der Waals surface area contributed by atoms with Crippen LogP contribution in [0.15, 0.2) is 34.9 Å². The molecule has 0 aliphatic carbocycles. The van der Waals surface area contributed by atoms with E-state index in [0.717, 1.165) is 15.4 Å². The first kappa shape index (κ1) is 25.1. The number of aromatic nitrogens is 1. The van der Waals surface area contributed by atoms with Crippen LogP contribution in [0.2, 0.25) is 0 Å². The van der Waals surface area contributed by atoms with Gasteiger partial charge in [-0.3, -0.25) is 4.98 Å². The Kier molecular flexibility index (Phi) is 7.66. The Morgan fingerprint density at radius 3 is 2.37 bits per heavy atom. The summed E-state index contributed by atoms with van der Waals surface area (Å²) in [5, 5.41) is 0.890. The lowest BCUT2D eigenvalue weighted by Crippen LogP contribution is -2.58. The first-order valence-electron chi connectivity index (χ1n) is 10.1. The fraction of sp³-hybridized carbons (Fsp3) is 0.565. The molecule has 7 heteroatoms. The van der Waals surface area contributed by atoms with Crippen LogP contribution in [0.5, 0.6) is 0 Å². The fourth-order valence-electron chi connectivity index (χ4n) is 3.22. The second kappa shape index (κ2) is 9.15. The molecule has 0 aliphatic heterocycles. The van der Waals surface area contributed by atoms with Crippen molar-refractivity contribution in [3.05, 3.63) is 40.5 Å². The van der Waals surface area contributed by atoms with Gasteiger partial charge in [-0.2, -0.15) is 0 Å². The quantitative estimate of drug-likeness (QED) is 0.414. The molecule has 0 amide bonds. The summed E-state index contributed by atoms with van der Waals surface area (Å²) >= 11 is 1.97. The van der Waals surface area contributed by atoms with E-state index in [1.54, 1.807) is 6.20 Å². The van der Waals surface area contributed by atoms with Gasteiger partial charge in [-0.25, -0.2) is 4.79 Å². The van der Waals surface area contributed by atoms with Crippen molar-refractivity contribution in [1.29, 1.82) is 0 Å². The number of hydrogen-bond donors (Lipinski definition) is 1. The molecular formula is C23H33BrN2O3S. The van der Waals surface area contributed by atoms with Crippen molar-refractivity contribution in [3.63, 3.8) is 0 Å². The van der Waals surface area contributed by atoms with E-state index >= 15 is 0 Å². The second-order valence-corrected chi connectivity index (χ2v) is 13.0. The van der Waals surface area contributed by atoms with Crippen LogP contribution in [0.25, 0.3) is 10.9 Å². The number of fused-ring (bicyclic) bond motifs is 1. The SMILES string of the molecule is CC(C)OC(=O)[C@](CC(C)(C)C)(N[S+]([O-])C(C)(C)C)c1ccc2ncc(Br)cc2c1. The minimum atomic E-state index is -1.49. The van der Waals surface area contributed by atoms with Gasteiger partial charge in [-0.05, 0) is 86.1 Å². The van der Waals surface area contributed by atoms with Gasteiger partial charge in [0.2, 0.25) is 0 Å². The van der Waals surface area contributed by atoms with Crippen molar-refractivity contribution in [2.24, 2.45) is 5.41 Å². The molecule has 2 rings (SSSR count). The van der Waals surface area contributed by atoms with Gasteiger partial charge in [-0.15, -0.1) is 4.72 Å². The van der Waals surface area contributed by atoms with Gasteiger partial charge >= 0.3 is 5.97 Å². The Balaban J connectivity index is 2.74. The fourth-order valence-corrected chi connectivity index (χ4v) is 4.47. The number of pyridine rings is 1. The predicted octanol–water partition coefficient (Wildman–Crippen LogP) is 5.63. The zero-order chi connectivity index (χ0) is 22.9. The standard InChI is InChI=1S/C23H33BrN2O3S/c1-15(2)29-20(27)23(14-21(3,4)5,26-30(28)22(6,7)8)17-9-10-19-16(11-17)12-18(24)13-25-19/h9-13,15,26H,14H2,1-8H3/t23-,30?/m1/s1. The molecule has 2 aromatic rings. The molecule has 1 unspecified atom stereocenters. The lowest BCUT2D eigenvalue weighted by Gasteiger charge is -2.39. The van der Waals surface area contributed by atoms with Crippen molar-refractivity contribution >= 4 is 44.2 Å². The second-order valence-electron chi connectivity index (χ2n) is 10.1. The number of hydrogen-bond acceptors (Lipinski definition) is 5. The molecule has 5 nitrogen and oxygen atoms in total. The maximum absolute atomic E-state index is 13.6. The summed E-state index contributed by atoms with van der Waals surface area (Å²) in [5.41, 5.74) is 0.0288. The minimum Gasteiger partial charge on any atom is -0.598 e. The number of ether oxygens (including phenoxy) is 1. The van der Waals surface area contributed by atoms with Crippen LogP contribution < -0.4 is 4.72 Å². The van der Waals surface area contributed by atoms with E-state index in [1.165, 1.54) is 0 Å². The monoisotopic (exact) mass is 496 g/mol. The predicted molar refractivity (Wildman–Crippen MR) is 127 cm³/mol. The van der Waals surface area contributed by atoms with Crippen molar-refractivity contribution in [1.82, 2.24) is 9.71 Å². The van der Waals surface area contributed by atoms with Crippen LogP contribution in [0.4, 0.5) is 0 Å². The summed E-state index contributed by atoms with van der Waals surface area (Å²) in [4.78, 5) is 18.0. The first-order valence-corrected chi connectivity index (χ1v) is 12.0. The molecule has 0 bridgehead atoms. The number of benzene rings is 1. The average molecular weight is 497 g/mol. The third-order valence-electron chi connectivity index (χ3n) is 4.45. The Labute approximate surface area is 191 Å². The highest BCUT2D eigenvalue weighted by atomic mass is 79.9. The largest absolute Gasteiger partial charge is 0.598 e. The molecule has 1 N–H and O–H groups in total. The van der Waals surface area contributed by atoms with Crippen LogP contribution in [0, 0.1) is 5.41 Å². The highest BCUT2D eigenvalue weighted by molar-refractivity contribution is 9.10. The van der Waals surface area contributed by atoms with E-state index in [-0.39, 0.29) is 11.5 Å². The highest BCUT2D eigenvalue weighted by Gasteiger charge is 2.50. The number of rotatable bonds is 6. The molecule has 1 aromatic heterocycles. The zero-order valence-corrected chi connectivity index (χ0v) is 21.5. The van der Waals surface area contributed by atoms with Gasteiger partial charge in [0.1, 0.15) is 4.75 Å². The van der Waals surface area contributed by atoms with E-state index in [2.05, 4.69) is 46.4 Å². The number of halogens is 1. The maximum atomic E-state index is 13.6. The minimum absolute atomic E-state index is 0.241. The summed E-state index contributed by atoms with van der Waals surface area (Å²) < 4.78 is 22.4. The van der Waals surface area contributed by atoms with E-state index in [0.29, 0.717) is 12.0 Å². The van der Waals surface area contributed by atoms with Crippen LogP contribution in [-0.2, 0) is 26.4 Å². The van der Waals surface area contributed by atoms with E-state index in [9.17, 15) is 9.35 Å². The van der Waals surface area contributed by atoms with Crippen molar-refractivity contribution < 1.29 is 14.1 Å². The van der Waals surface area contributed by atoms with Gasteiger partial charge < -0.3 is 9.29 Å². The Morgan fingerprint density at radius 2 is 1.83 bits per heavy atom. The maximum Gasteiger partial charge on any atom is 0.335 e. The van der Waals surface area contributed by atoms with Gasteiger partial charge in [0.05, 0.1) is 11.6 Å². The highest BCUT2D eigenvalue weighted by Crippen LogP contribution is 2.39. The molecule has 0 aliphatic rings. The van der Waals surface area contributed by atoms with Crippen molar-refractivity contribution in [2.45, 2.75) is 78.2 Å². The summed E-state index contributed by atoms with van der Waals surface area (Å²) in [5.74, 6) is -0.424. The van der Waals surface area contributed by atoms with Crippen LogP contribution >= 0.6 is 15.9 Å². The molecule has 0 spiro atoms. The van der Waals surface area contributed by atoms with E-state index < -0.39 is 27.6 Å². The molecule has 1 aromatic carbocycles. The molecule has 0 fully saturated rings. The Bertz CT molecular complexity index is 905. The van der Waals surface area contributed by atoms with Crippen LogP contribution in [0.1, 0.15) is 67.4 Å². The smallest absolute Gasteiger partial charge is 0.335 e. The van der Waals surface area contributed by atoms with Gasteiger partial charge in [0.15, 0.2) is 5.54 Å². The number of carbonyl (C=O) groups is 1. The summed E-state index contributed by atoms with van der Waals surface area (Å²) in [6, 6.07) is 7.66. The third kappa shape index (κ3) is 6.19. The number of nitrogens with zero attached hydrogens (tertiary/aromatic N) is 1. The summed E-state index contributed by atoms with van der Waals surface area (Å²) in [6.07, 6.45) is 1.86. The number of carbonyl (C=O) groups excluding carboxylic acids is 1. The molecule has 0 saturated carbocycles. The Morgan fingerprint density at radius 1 is 1.20 bits per heavy atom. The lowest BCUT2D eigenvalue weighted by molar-refractivity contribution is -0.156. The summed E-state index contributed by atoms with van der Waals surface area (Å²) in [7, 11) is 0. The molecule has 0 radical (unpaired) electrons. The van der Waals surface area contributed by atoms with Crippen LogP contribution in [-0.4, -0.2) is 26.4 Å². The third-order valence-corrected chi connectivity index (χ3v) is 6.53. The molecule has 166 valence electrons. The molecule has 30 heavy (non-hydrogen) atoms. The molecule has 1 heterocycles. The normalized spacial score (nSPS) is 15.8. The lowest BCUT2D eigenvalue weighted by atomic mass is 9.76. The van der Waals surface area contributed by atoms with Crippen molar-refractivity contribution in [2.75, 3.05) is 0 Å². The van der Waals surface area contributed by atoms with E-state index in [1.807, 2.05) is 58.9 Å². The molecular weight excluding hydrogens is 464 g/mol. The van der Waals surface area contributed by atoms with E-state index in [4.69, 9.17) is 4.74 Å². The van der Waals surface area contributed by atoms with Gasteiger partial charge in [0, 0.05) is 27.4 Å². The van der Waals surface area contributed by atoms with Crippen molar-refractivity contribution in [3.8, 4) is 0 Å². The number of esters is 1. The average Bonchev–Trinajstić information content (AvgIpc) is 2.57. The van der Waals surface area contributed by atoms with Crippen LogP contribution in [0.3, 0.4) is 0 Å².